The van der Waals surface area contributed by atoms with Crippen molar-refractivity contribution in [3.63, 3.8) is 0 Å². The number of nitrogens with one attached hydrogen (secondary N) is 1. The van der Waals surface area contributed by atoms with Crippen molar-refractivity contribution in [3.8, 4) is 27.9 Å². The van der Waals surface area contributed by atoms with E-state index in [-0.39, 0.29) is 0 Å². The van der Waals surface area contributed by atoms with Crippen LogP contribution in [0.15, 0.2) is 204 Å². The molecule has 4 heteroatoms. The van der Waals surface area contributed by atoms with Crippen LogP contribution < -0.4 is 5.32 Å². The second kappa shape index (κ2) is 12.9. The molecule has 0 saturated heterocycles. The van der Waals surface area contributed by atoms with Crippen LogP contribution in [-0.4, -0.2) is 16.2 Å². The first-order valence-corrected chi connectivity index (χ1v) is 18.0. The molecule has 1 unspecified atom stereocenters. The van der Waals surface area contributed by atoms with Gasteiger partial charge in [0, 0.05) is 33.2 Å². The lowest BCUT2D eigenvalue weighted by Crippen LogP contribution is -2.36. The summed E-state index contributed by atoms with van der Waals surface area (Å²) in [5.41, 5.74) is 11.1. The number of hydrogen-bond acceptors (Lipinski definition) is 3. The second-order valence-electron chi connectivity index (χ2n) is 13.4. The molecule has 2 heterocycles. The van der Waals surface area contributed by atoms with Crippen molar-refractivity contribution in [3.05, 3.63) is 211 Å². The van der Waals surface area contributed by atoms with Gasteiger partial charge in [0.2, 0.25) is 0 Å². The van der Waals surface area contributed by atoms with Gasteiger partial charge in [0.15, 0.2) is 6.17 Å². The minimum absolute atomic E-state index is 0.491. The predicted molar refractivity (Wildman–Crippen MR) is 221 cm³/mol. The first-order chi connectivity index (χ1) is 26.3. The Morgan fingerprint density at radius 2 is 1.00 bits per heavy atom. The summed E-state index contributed by atoms with van der Waals surface area (Å²) in [6.45, 7) is 0. The molecule has 0 aliphatic carbocycles. The molecule has 53 heavy (non-hydrogen) atoms. The van der Waals surface area contributed by atoms with E-state index in [9.17, 15) is 0 Å². The zero-order valence-electron chi connectivity index (χ0n) is 28.9. The smallest absolute Gasteiger partial charge is 0.170 e. The summed E-state index contributed by atoms with van der Waals surface area (Å²) in [6, 6.07) is 68.7. The first kappa shape index (κ1) is 30.8. The minimum Gasteiger partial charge on any atom is -0.324 e. The van der Waals surface area contributed by atoms with Crippen LogP contribution >= 0.6 is 0 Å². The van der Waals surface area contributed by atoms with Gasteiger partial charge in [-0.3, -0.25) is 0 Å². The summed E-state index contributed by atoms with van der Waals surface area (Å²) >= 11 is 0. The molecular weight excluding hydrogens is 645 g/mol. The Labute approximate surface area is 308 Å². The average Bonchev–Trinajstić information content (AvgIpc) is 3.57. The van der Waals surface area contributed by atoms with E-state index < -0.39 is 6.17 Å². The van der Waals surface area contributed by atoms with Crippen molar-refractivity contribution in [2.24, 2.45) is 9.98 Å². The Morgan fingerprint density at radius 3 is 1.75 bits per heavy atom. The van der Waals surface area contributed by atoms with Crippen molar-refractivity contribution >= 4 is 44.2 Å². The molecule has 10 rings (SSSR count). The summed E-state index contributed by atoms with van der Waals surface area (Å²) in [5.74, 6) is 1.59. The lowest BCUT2D eigenvalue weighted by Gasteiger charge is -2.24. The highest BCUT2D eigenvalue weighted by atomic mass is 15.2. The van der Waals surface area contributed by atoms with Crippen LogP contribution in [0, 0.1) is 0 Å². The maximum atomic E-state index is 5.45. The van der Waals surface area contributed by atoms with Gasteiger partial charge in [-0.15, -0.1) is 0 Å². The molecule has 1 N–H and O–H groups in total. The molecule has 8 aromatic carbocycles. The Hall–Kier alpha value is -7.04. The van der Waals surface area contributed by atoms with Gasteiger partial charge < -0.3 is 9.88 Å². The number of rotatable bonds is 6. The largest absolute Gasteiger partial charge is 0.324 e. The van der Waals surface area contributed by atoms with E-state index in [2.05, 4.69) is 198 Å². The number of nitrogens with zero attached hydrogens (tertiary/aromatic N) is 3. The second-order valence-corrected chi connectivity index (χ2v) is 13.4. The van der Waals surface area contributed by atoms with Crippen LogP contribution in [0.5, 0.6) is 0 Å². The molecule has 0 radical (unpaired) electrons. The Morgan fingerprint density at radius 1 is 0.415 bits per heavy atom. The number of benzene rings is 8. The Bertz CT molecular complexity index is 2850. The molecule has 4 nitrogen and oxygen atoms in total. The average molecular weight is 679 g/mol. The molecule has 0 spiro atoms. The molecule has 1 aromatic heterocycles. The van der Waals surface area contributed by atoms with E-state index in [0.717, 1.165) is 61.6 Å². The third kappa shape index (κ3) is 5.49. The van der Waals surface area contributed by atoms with Crippen LogP contribution in [0.4, 0.5) is 0 Å². The van der Waals surface area contributed by atoms with E-state index in [0.29, 0.717) is 0 Å². The normalized spacial score (nSPS) is 14.2. The number of hydrogen-bond donors (Lipinski definition) is 1. The van der Waals surface area contributed by atoms with Crippen LogP contribution in [0.25, 0.3) is 60.5 Å². The summed E-state index contributed by atoms with van der Waals surface area (Å²) in [4.78, 5) is 10.8. The van der Waals surface area contributed by atoms with Gasteiger partial charge in [0.1, 0.15) is 11.7 Å². The van der Waals surface area contributed by atoms with Gasteiger partial charge in [0.25, 0.3) is 0 Å². The fraction of sp³-hybridized carbons (Fsp3) is 0.0204. The molecule has 0 fully saturated rings. The third-order valence-corrected chi connectivity index (χ3v) is 10.2. The SMILES string of the molecule is c1ccc(C2=NC(c3cccc4c3c3cc5ccccc5cc3n4-c3cccc(-c4ccccc4)c3)N=C(c3ccccc3-c3ccccc3)N2)cc1. The highest BCUT2D eigenvalue weighted by molar-refractivity contribution is 6.19. The molecule has 1 atom stereocenters. The van der Waals surface area contributed by atoms with Crippen molar-refractivity contribution < 1.29 is 0 Å². The molecule has 0 saturated carbocycles. The number of amidine groups is 2. The highest BCUT2D eigenvalue weighted by Gasteiger charge is 2.26. The van der Waals surface area contributed by atoms with Crippen LogP contribution in [0.3, 0.4) is 0 Å². The van der Waals surface area contributed by atoms with E-state index in [1.807, 2.05) is 6.07 Å². The van der Waals surface area contributed by atoms with Gasteiger partial charge >= 0.3 is 0 Å². The Kier molecular flexibility index (Phi) is 7.51. The lowest BCUT2D eigenvalue weighted by atomic mass is 9.98. The molecule has 0 bridgehead atoms. The molecule has 1 aliphatic heterocycles. The van der Waals surface area contributed by atoms with Gasteiger partial charge in [0.05, 0.1) is 11.0 Å². The third-order valence-electron chi connectivity index (χ3n) is 10.2. The monoisotopic (exact) mass is 678 g/mol. The summed E-state index contributed by atoms with van der Waals surface area (Å²) in [5, 5.41) is 8.39. The molecule has 250 valence electrons. The fourth-order valence-corrected chi connectivity index (χ4v) is 7.76. The lowest BCUT2D eigenvalue weighted by molar-refractivity contribution is 0.763. The van der Waals surface area contributed by atoms with E-state index in [1.54, 1.807) is 0 Å². The van der Waals surface area contributed by atoms with Crippen molar-refractivity contribution in [2.45, 2.75) is 6.17 Å². The molecular formula is C49H34N4. The van der Waals surface area contributed by atoms with Gasteiger partial charge in [-0.05, 0) is 63.4 Å². The van der Waals surface area contributed by atoms with Crippen molar-refractivity contribution in [1.82, 2.24) is 9.88 Å². The number of aliphatic imine (C=N–C) groups is 2. The van der Waals surface area contributed by atoms with Crippen LogP contribution in [0.1, 0.15) is 22.9 Å². The van der Waals surface area contributed by atoms with E-state index in [4.69, 9.17) is 9.98 Å². The van der Waals surface area contributed by atoms with E-state index >= 15 is 0 Å². The minimum atomic E-state index is -0.491. The van der Waals surface area contributed by atoms with Crippen LogP contribution in [0.2, 0.25) is 0 Å². The number of aromatic nitrogens is 1. The Balaban J connectivity index is 1.23. The van der Waals surface area contributed by atoms with Gasteiger partial charge in [-0.2, -0.15) is 0 Å². The molecule has 9 aromatic rings. The van der Waals surface area contributed by atoms with Gasteiger partial charge in [-0.25, -0.2) is 9.98 Å². The topological polar surface area (TPSA) is 41.7 Å². The molecule has 0 amide bonds. The zero-order chi connectivity index (χ0) is 35.1. The number of fused-ring (bicyclic) bond motifs is 4. The van der Waals surface area contributed by atoms with Crippen molar-refractivity contribution in [2.75, 3.05) is 0 Å². The quantitative estimate of drug-likeness (QED) is 0.187. The van der Waals surface area contributed by atoms with E-state index in [1.165, 1.54) is 27.3 Å². The summed E-state index contributed by atoms with van der Waals surface area (Å²) < 4.78 is 2.41. The van der Waals surface area contributed by atoms with Gasteiger partial charge in [-0.1, -0.05) is 164 Å². The first-order valence-electron chi connectivity index (χ1n) is 18.0. The zero-order valence-corrected chi connectivity index (χ0v) is 28.9. The summed E-state index contributed by atoms with van der Waals surface area (Å²) in [6.07, 6.45) is -0.491. The fourth-order valence-electron chi connectivity index (χ4n) is 7.76. The predicted octanol–water partition coefficient (Wildman–Crippen LogP) is 11.8. The van der Waals surface area contributed by atoms with Crippen LogP contribution in [-0.2, 0) is 0 Å². The maximum Gasteiger partial charge on any atom is 0.170 e. The molecule has 1 aliphatic rings. The van der Waals surface area contributed by atoms with Crippen molar-refractivity contribution in [1.29, 1.82) is 0 Å². The summed E-state index contributed by atoms with van der Waals surface area (Å²) in [7, 11) is 0. The maximum absolute atomic E-state index is 5.45. The standard InChI is InChI=1S/C49H34N4/c1-4-16-33(17-5-1)36-24-14-25-39(30-36)53-44-29-15-28-42(46(44)43-31-37-22-10-11-23-38(37)32-45(43)53)49-51-47(35-20-8-3-9-21-35)50-48(52-49)41-27-13-12-26-40(41)34-18-6-2-7-19-34/h1-32,49H,(H,50,51,52). The highest BCUT2D eigenvalue weighted by Crippen LogP contribution is 2.41.